The Labute approximate surface area is 117 Å². The topological polar surface area (TPSA) is 62.3 Å². The lowest BCUT2D eigenvalue weighted by Gasteiger charge is -2.07. The fraction of sp³-hybridized carbons (Fsp3) is 0.357. The molecule has 1 aromatic heterocycles. The molecule has 0 aliphatic rings. The SMILES string of the molecule is COCCOc1ccc(-c2cnn(CCN)c2)cc1F. The maximum Gasteiger partial charge on any atom is 0.165 e. The maximum absolute atomic E-state index is 13.9. The van der Waals surface area contributed by atoms with Gasteiger partial charge in [-0.05, 0) is 17.7 Å². The third kappa shape index (κ3) is 3.55. The lowest BCUT2D eigenvalue weighted by Crippen LogP contribution is -2.09. The van der Waals surface area contributed by atoms with E-state index in [-0.39, 0.29) is 5.75 Å². The first-order valence-corrected chi connectivity index (χ1v) is 6.38. The van der Waals surface area contributed by atoms with Crippen molar-refractivity contribution in [3.8, 4) is 16.9 Å². The first kappa shape index (κ1) is 14.5. The van der Waals surface area contributed by atoms with E-state index in [1.165, 1.54) is 6.07 Å². The van der Waals surface area contributed by atoms with Crippen molar-refractivity contribution in [2.75, 3.05) is 26.9 Å². The number of hydrogen-bond donors (Lipinski definition) is 1. The zero-order valence-electron chi connectivity index (χ0n) is 11.4. The van der Waals surface area contributed by atoms with Gasteiger partial charge in [0.25, 0.3) is 0 Å². The van der Waals surface area contributed by atoms with Gasteiger partial charge in [-0.15, -0.1) is 0 Å². The van der Waals surface area contributed by atoms with Crippen molar-refractivity contribution in [2.24, 2.45) is 5.73 Å². The molecule has 0 radical (unpaired) electrons. The van der Waals surface area contributed by atoms with Crippen LogP contribution < -0.4 is 10.5 Å². The van der Waals surface area contributed by atoms with Crippen molar-refractivity contribution in [3.63, 3.8) is 0 Å². The molecule has 0 saturated heterocycles. The molecule has 0 bridgehead atoms. The third-order valence-corrected chi connectivity index (χ3v) is 2.80. The summed E-state index contributed by atoms with van der Waals surface area (Å²) in [5.41, 5.74) is 7.07. The first-order valence-electron chi connectivity index (χ1n) is 6.38. The molecule has 2 rings (SSSR count). The van der Waals surface area contributed by atoms with E-state index < -0.39 is 5.82 Å². The molecule has 20 heavy (non-hydrogen) atoms. The van der Waals surface area contributed by atoms with Gasteiger partial charge in [0.05, 0.1) is 19.3 Å². The third-order valence-electron chi connectivity index (χ3n) is 2.80. The Balaban J connectivity index is 2.10. The molecule has 5 nitrogen and oxygen atoms in total. The van der Waals surface area contributed by atoms with Crippen LogP contribution in [-0.2, 0) is 11.3 Å². The van der Waals surface area contributed by atoms with Crippen LogP contribution in [0.2, 0.25) is 0 Å². The van der Waals surface area contributed by atoms with Crippen LogP contribution in [-0.4, -0.2) is 36.6 Å². The van der Waals surface area contributed by atoms with Crippen molar-refractivity contribution >= 4 is 0 Å². The van der Waals surface area contributed by atoms with Gasteiger partial charge >= 0.3 is 0 Å². The van der Waals surface area contributed by atoms with Crippen molar-refractivity contribution in [1.82, 2.24) is 9.78 Å². The summed E-state index contributed by atoms with van der Waals surface area (Å²) in [5.74, 6) is -0.176. The van der Waals surface area contributed by atoms with Gasteiger partial charge in [0, 0.05) is 25.4 Å². The van der Waals surface area contributed by atoms with Gasteiger partial charge in [-0.25, -0.2) is 4.39 Å². The average molecular weight is 279 g/mol. The molecular weight excluding hydrogens is 261 g/mol. The monoisotopic (exact) mass is 279 g/mol. The minimum atomic E-state index is -0.398. The van der Waals surface area contributed by atoms with Gasteiger partial charge < -0.3 is 15.2 Å². The molecule has 0 aliphatic heterocycles. The minimum Gasteiger partial charge on any atom is -0.488 e. The molecule has 2 aromatic rings. The van der Waals surface area contributed by atoms with Gasteiger partial charge in [-0.2, -0.15) is 5.10 Å². The van der Waals surface area contributed by atoms with Crippen LogP contribution in [0.4, 0.5) is 4.39 Å². The summed E-state index contributed by atoms with van der Waals surface area (Å²) in [6.07, 6.45) is 3.53. The smallest absolute Gasteiger partial charge is 0.165 e. The van der Waals surface area contributed by atoms with Crippen LogP contribution >= 0.6 is 0 Å². The summed E-state index contributed by atoms with van der Waals surface area (Å²) in [6.45, 7) is 1.90. The quantitative estimate of drug-likeness (QED) is 0.783. The average Bonchev–Trinajstić information content (AvgIpc) is 2.90. The number of hydrogen-bond acceptors (Lipinski definition) is 4. The van der Waals surface area contributed by atoms with Crippen molar-refractivity contribution in [2.45, 2.75) is 6.54 Å². The normalized spacial score (nSPS) is 10.8. The molecule has 1 heterocycles. The highest BCUT2D eigenvalue weighted by Crippen LogP contribution is 2.25. The summed E-state index contributed by atoms with van der Waals surface area (Å²) < 4.78 is 25.8. The van der Waals surface area contributed by atoms with Crippen LogP contribution in [0.1, 0.15) is 0 Å². The van der Waals surface area contributed by atoms with E-state index in [1.54, 1.807) is 30.1 Å². The van der Waals surface area contributed by atoms with Crippen LogP contribution in [0.25, 0.3) is 11.1 Å². The number of benzene rings is 1. The Morgan fingerprint density at radius 2 is 2.15 bits per heavy atom. The molecule has 0 atom stereocenters. The van der Waals surface area contributed by atoms with E-state index in [0.29, 0.717) is 26.3 Å². The standard InChI is InChI=1S/C14H18FN3O2/c1-19-6-7-20-14-3-2-11(8-13(14)15)12-9-17-18(10-12)5-4-16/h2-3,8-10H,4-7,16H2,1H3. The van der Waals surface area contributed by atoms with Crippen LogP contribution in [0, 0.1) is 5.82 Å². The molecule has 108 valence electrons. The van der Waals surface area contributed by atoms with Gasteiger partial charge in [-0.3, -0.25) is 4.68 Å². The number of halogens is 1. The molecule has 1 aromatic carbocycles. The Hall–Kier alpha value is -1.92. The van der Waals surface area contributed by atoms with Crippen LogP contribution in [0.5, 0.6) is 5.75 Å². The highest BCUT2D eigenvalue weighted by Gasteiger charge is 2.08. The maximum atomic E-state index is 13.9. The fourth-order valence-corrected chi connectivity index (χ4v) is 1.80. The number of ether oxygens (including phenoxy) is 2. The zero-order chi connectivity index (χ0) is 14.4. The molecule has 6 heteroatoms. The predicted molar refractivity (Wildman–Crippen MR) is 74.0 cm³/mol. The van der Waals surface area contributed by atoms with Crippen LogP contribution in [0.3, 0.4) is 0 Å². The molecule has 0 aliphatic carbocycles. The second kappa shape index (κ2) is 7.02. The van der Waals surface area contributed by atoms with Gasteiger partial charge in [-0.1, -0.05) is 6.07 Å². The molecule has 0 spiro atoms. The highest BCUT2D eigenvalue weighted by molar-refractivity contribution is 5.62. The Bertz CT molecular complexity index is 557. The van der Waals surface area contributed by atoms with E-state index in [1.807, 2.05) is 6.20 Å². The van der Waals surface area contributed by atoms with E-state index in [4.69, 9.17) is 15.2 Å². The molecule has 0 fully saturated rings. The Kier molecular flexibility index (Phi) is 5.09. The molecular formula is C14H18FN3O2. The molecule has 0 unspecified atom stereocenters. The number of nitrogens with two attached hydrogens (primary N) is 1. The highest BCUT2D eigenvalue weighted by atomic mass is 19.1. The molecule has 0 saturated carbocycles. The fourth-order valence-electron chi connectivity index (χ4n) is 1.80. The molecule has 0 amide bonds. The van der Waals surface area contributed by atoms with E-state index in [9.17, 15) is 4.39 Å². The van der Waals surface area contributed by atoms with Crippen molar-refractivity contribution in [1.29, 1.82) is 0 Å². The predicted octanol–water partition coefficient (Wildman–Crippen LogP) is 1.67. The summed E-state index contributed by atoms with van der Waals surface area (Å²) in [5, 5.41) is 4.16. The lowest BCUT2D eigenvalue weighted by atomic mass is 10.1. The Morgan fingerprint density at radius 3 is 2.85 bits per heavy atom. The van der Waals surface area contributed by atoms with E-state index in [0.717, 1.165) is 11.1 Å². The molecule has 2 N–H and O–H groups in total. The summed E-state index contributed by atoms with van der Waals surface area (Å²) in [4.78, 5) is 0. The summed E-state index contributed by atoms with van der Waals surface area (Å²) in [6, 6.07) is 4.85. The number of methoxy groups -OCH3 is 1. The number of nitrogens with zero attached hydrogens (tertiary/aromatic N) is 2. The van der Waals surface area contributed by atoms with Gasteiger partial charge in [0.2, 0.25) is 0 Å². The Morgan fingerprint density at radius 1 is 1.30 bits per heavy atom. The van der Waals surface area contributed by atoms with Gasteiger partial charge in [0.15, 0.2) is 11.6 Å². The summed E-state index contributed by atoms with van der Waals surface area (Å²) in [7, 11) is 1.57. The summed E-state index contributed by atoms with van der Waals surface area (Å²) >= 11 is 0. The van der Waals surface area contributed by atoms with Crippen molar-refractivity contribution in [3.05, 3.63) is 36.4 Å². The second-order valence-corrected chi connectivity index (χ2v) is 4.27. The first-order chi connectivity index (χ1) is 9.74. The van der Waals surface area contributed by atoms with Crippen molar-refractivity contribution < 1.29 is 13.9 Å². The van der Waals surface area contributed by atoms with E-state index in [2.05, 4.69) is 5.10 Å². The second-order valence-electron chi connectivity index (χ2n) is 4.27. The zero-order valence-corrected chi connectivity index (χ0v) is 11.4. The lowest BCUT2D eigenvalue weighted by molar-refractivity contribution is 0.144. The van der Waals surface area contributed by atoms with Gasteiger partial charge in [0.1, 0.15) is 6.61 Å². The largest absolute Gasteiger partial charge is 0.488 e. The number of rotatable bonds is 7. The van der Waals surface area contributed by atoms with Crippen LogP contribution in [0.15, 0.2) is 30.6 Å². The minimum absolute atomic E-state index is 0.222. The number of aromatic nitrogens is 2. The van der Waals surface area contributed by atoms with E-state index >= 15 is 0 Å².